The summed E-state index contributed by atoms with van der Waals surface area (Å²) in [5.74, 6) is 1.39. The first kappa shape index (κ1) is 28.3. The number of benzene rings is 3. The van der Waals surface area contributed by atoms with Gasteiger partial charge in [-0.1, -0.05) is 62.4 Å². The SMILES string of the molecule is CCC(C)C(=O)CCC(C(C)=O)N1Cc2c(OCc3ccc(CC4=NCc5ccccc5N4)cc3)cccc2C1=O. The summed E-state index contributed by atoms with van der Waals surface area (Å²) < 4.78 is 6.19. The van der Waals surface area contributed by atoms with E-state index in [1.54, 1.807) is 11.0 Å². The molecule has 0 spiro atoms. The van der Waals surface area contributed by atoms with E-state index in [4.69, 9.17) is 4.74 Å². The molecule has 1 amide bonds. The largest absolute Gasteiger partial charge is 0.489 e. The molecule has 7 nitrogen and oxygen atoms in total. The van der Waals surface area contributed by atoms with Gasteiger partial charge in [-0.15, -0.1) is 0 Å². The number of para-hydroxylation sites is 1. The van der Waals surface area contributed by atoms with Crippen molar-refractivity contribution in [1.29, 1.82) is 0 Å². The third-order valence-electron chi connectivity index (χ3n) is 8.15. The van der Waals surface area contributed by atoms with E-state index in [-0.39, 0.29) is 29.8 Å². The van der Waals surface area contributed by atoms with Gasteiger partial charge in [0.05, 0.1) is 19.1 Å². The van der Waals surface area contributed by atoms with Crippen LogP contribution in [-0.4, -0.2) is 34.3 Å². The van der Waals surface area contributed by atoms with Gasteiger partial charge in [0.15, 0.2) is 5.78 Å². The number of aliphatic imine (C=N–C) groups is 1. The molecule has 3 aromatic carbocycles. The number of Topliss-reactive ketones (excluding diaryl/α,β-unsaturated/α-hetero) is 2. The van der Waals surface area contributed by atoms with Gasteiger partial charge in [0.1, 0.15) is 24.0 Å². The van der Waals surface area contributed by atoms with Crippen molar-refractivity contribution < 1.29 is 19.1 Å². The highest BCUT2D eigenvalue weighted by Gasteiger charge is 2.36. The van der Waals surface area contributed by atoms with Gasteiger partial charge in [-0.3, -0.25) is 19.4 Å². The topological polar surface area (TPSA) is 88.1 Å². The molecule has 0 fully saturated rings. The molecule has 41 heavy (non-hydrogen) atoms. The summed E-state index contributed by atoms with van der Waals surface area (Å²) >= 11 is 0. The zero-order valence-electron chi connectivity index (χ0n) is 24.0. The lowest BCUT2D eigenvalue weighted by Gasteiger charge is -2.26. The smallest absolute Gasteiger partial charge is 0.255 e. The van der Waals surface area contributed by atoms with E-state index < -0.39 is 6.04 Å². The predicted octanol–water partition coefficient (Wildman–Crippen LogP) is 6.14. The average Bonchev–Trinajstić information content (AvgIpc) is 3.32. The number of carbonyl (C=O) groups is 3. The van der Waals surface area contributed by atoms with Crippen LogP contribution in [0.1, 0.15) is 72.6 Å². The molecule has 2 heterocycles. The molecule has 0 bridgehead atoms. The van der Waals surface area contributed by atoms with Crippen molar-refractivity contribution in [2.75, 3.05) is 5.32 Å². The number of amidine groups is 1. The standard InChI is InChI=1S/C34H37N3O4/c1-4-22(2)31(39)17-16-30(23(3)38)37-20-28-27(34(37)40)9-7-11-32(28)41-21-25-14-12-24(13-15-25)18-33-35-19-26-8-5-6-10-29(26)36-33/h5-15,22,30H,4,16-21H2,1-3H3,(H,35,36). The normalized spacial score (nSPS) is 15.3. The second-order valence-corrected chi connectivity index (χ2v) is 11.0. The second-order valence-electron chi connectivity index (χ2n) is 11.0. The highest BCUT2D eigenvalue weighted by atomic mass is 16.5. The van der Waals surface area contributed by atoms with Crippen LogP contribution in [-0.2, 0) is 35.7 Å². The Kier molecular flexibility index (Phi) is 8.62. The molecular weight excluding hydrogens is 514 g/mol. The molecule has 0 saturated heterocycles. The molecule has 5 rings (SSSR count). The van der Waals surface area contributed by atoms with Gasteiger partial charge >= 0.3 is 0 Å². The molecule has 2 atom stereocenters. The van der Waals surface area contributed by atoms with Crippen molar-refractivity contribution in [3.63, 3.8) is 0 Å². The van der Waals surface area contributed by atoms with Crippen LogP contribution in [0, 0.1) is 5.92 Å². The van der Waals surface area contributed by atoms with E-state index in [2.05, 4.69) is 34.6 Å². The van der Waals surface area contributed by atoms with Crippen molar-refractivity contribution in [2.45, 2.75) is 72.2 Å². The minimum Gasteiger partial charge on any atom is -0.489 e. The van der Waals surface area contributed by atoms with Gasteiger partial charge in [0.2, 0.25) is 0 Å². The average molecular weight is 552 g/mol. The van der Waals surface area contributed by atoms with Gasteiger partial charge in [0.25, 0.3) is 5.91 Å². The van der Waals surface area contributed by atoms with Crippen LogP contribution in [0.2, 0.25) is 0 Å². The summed E-state index contributed by atoms with van der Waals surface area (Å²) in [7, 11) is 0. The van der Waals surface area contributed by atoms with Crippen molar-refractivity contribution in [2.24, 2.45) is 10.9 Å². The van der Waals surface area contributed by atoms with Gasteiger partial charge < -0.3 is 15.0 Å². The van der Waals surface area contributed by atoms with E-state index in [9.17, 15) is 14.4 Å². The quantitative estimate of drug-likeness (QED) is 0.292. The van der Waals surface area contributed by atoms with Crippen LogP contribution in [0.25, 0.3) is 0 Å². The lowest BCUT2D eigenvalue weighted by molar-refractivity contribution is -0.124. The summed E-state index contributed by atoms with van der Waals surface area (Å²) in [6.07, 6.45) is 2.12. The van der Waals surface area contributed by atoms with Crippen LogP contribution in [0.15, 0.2) is 71.7 Å². The number of anilines is 1. The zero-order valence-corrected chi connectivity index (χ0v) is 24.0. The molecule has 7 heteroatoms. The first-order valence-electron chi connectivity index (χ1n) is 14.4. The van der Waals surface area contributed by atoms with E-state index >= 15 is 0 Å². The van der Waals surface area contributed by atoms with Crippen molar-refractivity contribution in [3.8, 4) is 5.75 Å². The van der Waals surface area contributed by atoms with Gasteiger partial charge in [-0.2, -0.15) is 0 Å². The fourth-order valence-corrected chi connectivity index (χ4v) is 5.41. The zero-order chi connectivity index (χ0) is 28.9. The maximum atomic E-state index is 13.3. The number of carbonyl (C=O) groups excluding carboxylic acids is 3. The summed E-state index contributed by atoms with van der Waals surface area (Å²) in [6.45, 7) is 6.72. The minimum atomic E-state index is -0.625. The van der Waals surface area contributed by atoms with E-state index in [0.717, 1.165) is 41.1 Å². The van der Waals surface area contributed by atoms with Crippen molar-refractivity contribution in [3.05, 3.63) is 94.5 Å². The summed E-state index contributed by atoms with van der Waals surface area (Å²) in [4.78, 5) is 44.5. The summed E-state index contributed by atoms with van der Waals surface area (Å²) in [5, 5.41) is 3.43. The van der Waals surface area contributed by atoms with E-state index in [1.807, 2.05) is 50.2 Å². The first-order chi connectivity index (χ1) is 19.8. The van der Waals surface area contributed by atoms with Gasteiger partial charge in [-0.05, 0) is 54.7 Å². The number of ketones is 2. The minimum absolute atomic E-state index is 0.0432. The molecule has 0 aromatic heterocycles. The number of nitrogens with one attached hydrogen (secondary N) is 1. The number of hydrogen-bond acceptors (Lipinski definition) is 6. The second kappa shape index (κ2) is 12.5. The van der Waals surface area contributed by atoms with Crippen molar-refractivity contribution >= 4 is 29.0 Å². The molecule has 212 valence electrons. The van der Waals surface area contributed by atoms with Crippen LogP contribution >= 0.6 is 0 Å². The van der Waals surface area contributed by atoms with Crippen LogP contribution < -0.4 is 10.1 Å². The number of hydrogen-bond donors (Lipinski definition) is 1. The molecule has 0 aliphatic carbocycles. The number of ether oxygens (including phenoxy) is 1. The fourth-order valence-electron chi connectivity index (χ4n) is 5.41. The summed E-state index contributed by atoms with van der Waals surface area (Å²) in [5.41, 5.74) is 5.83. The monoisotopic (exact) mass is 551 g/mol. The molecule has 2 aliphatic heterocycles. The molecule has 0 radical (unpaired) electrons. The Balaban J connectivity index is 1.20. The first-order valence-corrected chi connectivity index (χ1v) is 14.4. The molecule has 0 saturated carbocycles. The van der Waals surface area contributed by atoms with Crippen molar-refractivity contribution in [1.82, 2.24) is 4.90 Å². The molecule has 2 aliphatic rings. The maximum absolute atomic E-state index is 13.3. The van der Waals surface area contributed by atoms with E-state index in [0.29, 0.717) is 37.4 Å². The summed E-state index contributed by atoms with van der Waals surface area (Å²) in [6, 6.07) is 21.3. The highest BCUT2D eigenvalue weighted by molar-refractivity contribution is 6.02. The molecular formula is C34H37N3O4. The Labute approximate surface area is 241 Å². The number of nitrogens with zero attached hydrogens (tertiary/aromatic N) is 2. The number of amides is 1. The van der Waals surface area contributed by atoms with Crippen LogP contribution in [0.5, 0.6) is 5.75 Å². The highest BCUT2D eigenvalue weighted by Crippen LogP contribution is 2.34. The Bertz CT molecular complexity index is 1480. The third-order valence-corrected chi connectivity index (χ3v) is 8.15. The Hall–Kier alpha value is -4.26. The van der Waals surface area contributed by atoms with Gasteiger partial charge in [-0.25, -0.2) is 0 Å². The Morgan fingerprint density at radius 1 is 1.02 bits per heavy atom. The Morgan fingerprint density at radius 3 is 2.54 bits per heavy atom. The molecule has 1 N–H and O–H groups in total. The number of rotatable bonds is 12. The molecule has 3 aromatic rings. The lowest BCUT2D eigenvalue weighted by atomic mass is 9.96. The third kappa shape index (κ3) is 6.40. The van der Waals surface area contributed by atoms with E-state index in [1.165, 1.54) is 12.5 Å². The van der Waals surface area contributed by atoms with Crippen LogP contribution in [0.3, 0.4) is 0 Å². The Morgan fingerprint density at radius 2 is 1.78 bits per heavy atom. The van der Waals surface area contributed by atoms with Gasteiger partial charge in [0, 0.05) is 35.6 Å². The number of fused-ring (bicyclic) bond motifs is 2. The van der Waals surface area contributed by atoms with Crippen LogP contribution in [0.4, 0.5) is 5.69 Å². The molecule has 2 unspecified atom stereocenters. The maximum Gasteiger partial charge on any atom is 0.255 e. The lowest BCUT2D eigenvalue weighted by Crippen LogP contribution is -2.40. The predicted molar refractivity (Wildman–Crippen MR) is 160 cm³/mol. The fraction of sp³-hybridized carbons (Fsp3) is 0.353.